The van der Waals surface area contributed by atoms with Gasteiger partial charge in [0.1, 0.15) is 0 Å². The molecular formula is C17H26N2O3S. The molecule has 1 aromatic heterocycles. The van der Waals surface area contributed by atoms with E-state index in [1.807, 2.05) is 0 Å². The molecule has 2 aliphatic rings. The number of hydrogen-bond acceptors (Lipinski definition) is 4. The first-order valence-corrected chi connectivity index (χ1v) is 10.5. The Morgan fingerprint density at radius 2 is 1.61 bits per heavy atom. The molecule has 0 amide bonds. The topological polar surface area (TPSA) is 74.0 Å². The van der Waals surface area contributed by atoms with Crippen LogP contribution in [0, 0.1) is 11.1 Å². The second-order valence-corrected chi connectivity index (χ2v) is 9.22. The zero-order valence-corrected chi connectivity index (χ0v) is 14.4. The Morgan fingerprint density at radius 1 is 1.00 bits per heavy atom. The largest absolute Gasteiger partial charge is 0.594 e. The van der Waals surface area contributed by atoms with Crippen LogP contribution in [0.4, 0.5) is 0 Å². The molecule has 0 radical (unpaired) electrons. The molecule has 0 atom stereocenters. The van der Waals surface area contributed by atoms with Crippen LogP contribution >= 0.6 is 0 Å². The van der Waals surface area contributed by atoms with Crippen LogP contribution in [0.25, 0.3) is 0 Å². The quantitative estimate of drug-likeness (QED) is 0.625. The Balaban J connectivity index is 1.75. The predicted octanol–water partition coefficient (Wildman–Crippen LogP) is 2.94. The highest BCUT2D eigenvalue weighted by atomic mass is 32.2. The lowest BCUT2D eigenvalue weighted by Gasteiger charge is -2.21. The molecule has 23 heavy (non-hydrogen) atoms. The number of sulfone groups is 1. The lowest BCUT2D eigenvalue weighted by atomic mass is 9.86. The van der Waals surface area contributed by atoms with Crippen molar-refractivity contribution in [2.45, 2.75) is 80.9 Å². The standard InChI is InChI=1S/C17H26N2O3S/c20-19-15(13-14-7-3-1-4-8-14)11-12-17(18-19)23(21,22)16-9-5-2-6-10-16/h11-12,14,16H,1-10,13H2. The van der Waals surface area contributed by atoms with Gasteiger partial charge in [-0.1, -0.05) is 43.4 Å². The Labute approximate surface area is 138 Å². The highest BCUT2D eigenvalue weighted by Gasteiger charge is 2.32. The molecule has 0 saturated heterocycles. The van der Waals surface area contributed by atoms with Gasteiger partial charge >= 0.3 is 0 Å². The fraction of sp³-hybridized carbons (Fsp3) is 0.765. The third kappa shape index (κ3) is 3.84. The highest BCUT2D eigenvalue weighted by molar-refractivity contribution is 7.92. The maximum Gasteiger partial charge on any atom is 0.224 e. The first-order chi connectivity index (χ1) is 11.1. The first kappa shape index (κ1) is 16.7. The van der Waals surface area contributed by atoms with Crippen molar-refractivity contribution in [2.75, 3.05) is 0 Å². The molecule has 0 aromatic carbocycles. The molecule has 5 nitrogen and oxygen atoms in total. The number of hydrogen-bond donors (Lipinski definition) is 0. The third-order valence-electron chi connectivity index (χ3n) is 5.36. The predicted molar refractivity (Wildman–Crippen MR) is 87.5 cm³/mol. The second kappa shape index (κ2) is 7.16. The van der Waals surface area contributed by atoms with E-state index in [1.54, 1.807) is 6.07 Å². The molecule has 128 valence electrons. The third-order valence-corrected chi connectivity index (χ3v) is 7.51. The Kier molecular flexibility index (Phi) is 5.19. The highest BCUT2D eigenvalue weighted by Crippen LogP contribution is 2.28. The summed E-state index contributed by atoms with van der Waals surface area (Å²) >= 11 is 0. The van der Waals surface area contributed by atoms with Gasteiger partial charge in [0.2, 0.25) is 20.6 Å². The molecule has 0 bridgehead atoms. The van der Waals surface area contributed by atoms with Crippen molar-refractivity contribution < 1.29 is 13.3 Å². The van der Waals surface area contributed by atoms with Crippen molar-refractivity contribution in [3.8, 4) is 0 Å². The molecule has 1 heterocycles. The van der Waals surface area contributed by atoms with Crippen LogP contribution in [0.5, 0.6) is 0 Å². The van der Waals surface area contributed by atoms with Crippen LogP contribution in [0.1, 0.15) is 69.9 Å². The van der Waals surface area contributed by atoms with Crippen molar-refractivity contribution in [1.82, 2.24) is 5.10 Å². The maximum atomic E-state index is 12.6. The molecule has 0 N–H and O–H groups in total. The Bertz CT molecular complexity index is 633. The average Bonchev–Trinajstić information content (AvgIpc) is 2.58. The van der Waals surface area contributed by atoms with Crippen molar-refractivity contribution in [1.29, 1.82) is 0 Å². The van der Waals surface area contributed by atoms with E-state index in [0.29, 0.717) is 35.7 Å². The summed E-state index contributed by atoms with van der Waals surface area (Å²) in [6.45, 7) is 0. The van der Waals surface area contributed by atoms with E-state index >= 15 is 0 Å². The van der Waals surface area contributed by atoms with Gasteiger partial charge < -0.3 is 5.21 Å². The molecule has 2 saturated carbocycles. The van der Waals surface area contributed by atoms with Crippen LogP contribution in [0.2, 0.25) is 0 Å². The van der Waals surface area contributed by atoms with Crippen molar-refractivity contribution in [2.24, 2.45) is 5.92 Å². The second-order valence-electron chi connectivity index (χ2n) is 7.05. The monoisotopic (exact) mass is 338 g/mol. The van der Waals surface area contributed by atoms with Crippen LogP contribution in [-0.2, 0) is 16.3 Å². The van der Waals surface area contributed by atoms with E-state index in [4.69, 9.17) is 0 Å². The van der Waals surface area contributed by atoms with E-state index in [9.17, 15) is 13.6 Å². The summed E-state index contributed by atoms with van der Waals surface area (Å²) in [7, 11) is -3.47. The van der Waals surface area contributed by atoms with Gasteiger partial charge in [-0.2, -0.15) is 0 Å². The van der Waals surface area contributed by atoms with E-state index in [-0.39, 0.29) is 10.3 Å². The van der Waals surface area contributed by atoms with E-state index in [1.165, 1.54) is 25.3 Å². The summed E-state index contributed by atoms with van der Waals surface area (Å²) < 4.78 is 25.3. The minimum absolute atomic E-state index is 0.0493. The van der Waals surface area contributed by atoms with Gasteiger partial charge in [0.15, 0.2) is 0 Å². The maximum absolute atomic E-state index is 12.6. The molecule has 1 aromatic rings. The smallest absolute Gasteiger partial charge is 0.224 e. The fourth-order valence-corrected chi connectivity index (χ4v) is 5.69. The summed E-state index contributed by atoms with van der Waals surface area (Å²) in [5, 5.41) is 15.6. The fourth-order valence-electron chi connectivity index (χ4n) is 3.95. The molecule has 0 spiro atoms. The van der Waals surface area contributed by atoms with E-state index in [2.05, 4.69) is 5.10 Å². The summed E-state index contributed by atoms with van der Waals surface area (Å²) in [6.07, 6.45) is 11.1. The van der Waals surface area contributed by atoms with Crippen molar-refractivity contribution in [3.63, 3.8) is 0 Å². The Hall–Kier alpha value is -1.17. The summed E-state index contributed by atoms with van der Waals surface area (Å²) in [6, 6.07) is 3.21. The van der Waals surface area contributed by atoms with Crippen molar-refractivity contribution in [3.05, 3.63) is 23.0 Å². The van der Waals surface area contributed by atoms with Gasteiger partial charge in [0.25, 0.3) is 0 Å². The van der Waals surface area contributed by atoms with Gasteiger partial charge in [0, 0.05) is 17.6 Å². The van der Waals surface area contributed by atoms with Gasteiger partial charge in [0.05, 0.1) is 5.25 Å². The Morgan fingerprint density at radius 3 is 2.22 bits per heavy atom. The summed E-state index contributed by atoms with van der Waals surface area (Å²) in [4.78, 5) is 0.546. The summed E-state index contributed by atoms with van der Waals surface area (Å²) in [5.74, 6) is 0.534. The van der Waals surface area contributed by atoms with Crippen LogP contribution < -0.4 is 4.85 Å². The van der Waals surface area contributed by atoms with Crippen LogP contribution in [-0.4, -0.2) is 18.8 Å². The van der Waals surface area contributed by atoms with E-state index < -0.39 is 9.84 Å². The number of nitrogens with zero attached hydrogens (tertiary/aromatic N) is 2. The first-order valence-electron chi connectivity index (χ1n) is 8.91. The molecule has 6 heteroatoms. The van der Waals surface area contributed by atoms with E-state index in [0.717, 1.165) is 32.1 Å². The van der Waals surface area contributed by atoms with Crippen molar-refractivity contribution >= 4 is 9.84 Å². The zero-order valence-electron chi connectivity index (χ0n) is 13.6. The zero-order chi connectivity index (χ0) is 16.3. The van der Waals surface area contributed by atoms with Gasteiger partial charge in [-0.25, -0.2) is 8.42 Å². The summed E-state index contributed by atoms with van der Waals surface area (Å²) in [5.41, 5.74) is 0.597. The molecule has 3 rings (SSSR count). The van der Waals surface area contributed by atoms with Crippen LogP contribution in [0.15, 0.2) is 17.2 Å². The number of rotatable bonds is 4. The van der Waals surface area contributed by atoms with Gasteiger partial charge in [-0.3, -0.25) is 0 Å². The van der Waals surface area contributed by atoms with Crippen LogP contribution in [0.3, 0.4) is 0 Å². The molecule has 2 aliphatic carbocycles. The SMILES string of the molecule is O=S(=O)(c1ccc(CC2CCCCC2)[n+]([O-])n1)C1CCCCC1. The minimum atomic E-state index is -3.47. The van der Waals surface area contributed by atoms with Gasteiger partial charge in [-0.15, -0.1) is 0 Å². The lowest BCUT2D eigenvalue weighted by molar-refractivity contribution is -0.681. The minimum Gasteiger partial charge on any atom is -0.594 e. The molecule has 0 unspecified atom stereocenters. The normalized spacial score (nSPS) is 21.4. The average molecular weight is 338 g/mol. The number of aromatic nitrogens is 2. The molecule has 2 fully saturated rings. The molecule has 0 aliphatic heterocycles. The molecular weight excluding hydrogens is 312 g/mol. The lowest BCUT2D eigenvalue weighted by Crippen LogP contribution is -2.39. The van der Waals surface area contributed by atoms with Gasteiger partial charge in [-0.05, 0) is 37.7 Å².